The number of amides is 1. The third-order valence-corrected chi connectivity index (χ3v) is 5.41. The van der Waals surface area contributed by atoms with Crippen molar-refractivity contribution in [3.63, 3.8) is 0 Å². The Balaban J connectivity index is 1.66. The molecule has 1 aliphatic heterocycles. The average molecular weight is 329 g/mol. The molecule has 2 heterocycles. The summed E-state index contributed by atoms with van der Waals surface area (Å²) < 4.78 is 0. The van der Waals surface area contributed by atoms with E-state index < -0.39 is 0 Å². The number of aromatic nitrogens is 1. The van der Waals surface area contributed by atoms with Gasteiger partial charge in [0.2, 0.25) is 0 Å². The number of aryl methyl sites for hydroxylation is 2. The Morgan fingerprint density at radius 2 is 2.26 bits per heavy atom. The number of hydrogen-bond donors (Lipinski definition) is 2. The molecule has 1 aromatic carbocycles. The van der Waals surface area contributed by atoms with Crippen LogP contribution in [-0.4, -0.2) is 24.0 Å². The van der Waals surface area contributed by atoms with Gasteiger partial charge in [-0.3, -0.25) is 4.79 Å². The van der Waals surface area contributed by atoms with Crippen LogP contribution in [0.1, 0.15) is 50.9 Å². The minimum Gasteiger partial charge on any atom is -0.349 e. The predicted molar refractivity (Wildman–Crippen MR) is 94.1 cm³/mol. The largest absolute Gasteiger partial charge is 0.349 e. The maximum Gasteiger partial charge on any atom is 0.263 e. The topological polar surface area (TPSA) is 54.0 Å². The van der Waals surface area contributed by atoms with Gasteiger partial charge in [-0.25, -0.2) is 4.98 Å². The maximum atomic E-state index is 12.5. The molecule has 0 fully saturated rings. The molecule has 3 rings (SSSR count). The van der Waals surface area contributed by atoms with Gasteiger partial charge in [-0.15, -0.1) is 11.3 Å². The first-order chi connectivity index (χ1) is 11.2. The van der Waals surface area contributed by atoms with Gasteiger partial charge >= 0.3 is 0 Å². The summed E-state index contributed by atoms with van der Waals surface area (Å²) in [5, 5.41) is 7.62. The second kappa shape index (κ2) is 7.23. The Kier molecular flexibility index (Phi) is 5.08. The van der Waals surface area contributed by atoms with Crippen LogP contribution in [0.5, 0.6) is 0 Å². The summed E-state index contributed by atoms with van der Waals surface area (Å²) in [7, 11) is 0. The molecule has 0 radical (unpaired) electrons. The normalized spacial score (nSPS) is 16.9. The summed E-state index contributed by atoms with van der Waals surface area (Å²) in [4.78, 5) is 17.7. The monoisotopic (exact) mass is 329 g/mol. The molecule has 1 unspecified atom stereocenters. The van der Waals surface area contributed by atoms with E-state index in [1.807, 2.05) is 6.92 Å². The van der Waals surface area contributed by atoms with E-state index in [0.717, 1.165) is 41.4 Å². The van der Waals surface area contributed by atoms with E-state index in [2.05, 4.69) is 46.8 Å². The van der Waals surface area contributed by atoms with Crippen LogP contribution in [0.3, 0.4) is 0 Å². The number of benzene rings is 1. The van der Waals surface area contributed by atoms with Crippen LogP contribution in [0, 0.1) is 6.92 Å². The van der Waals surface area contributed by atoms with E-state index >= 15 is 0 Å². The van der Waals surface area contributed by atoms with Crippen molar-refractivity contribution in [3.05, 3.63) is 51.0 Å². The van der Waals surface area contributed by atoms with Crippen LogP contribution in [0.25, 0.3) is 0 Å². The summed E-state index contributed by atoms with van der Waals surface area (Å²) in [6.07, 6.45) is 3.04. The standard InChI is InChI=1S/C18H23N3OS/c1-3-6-16-21-12(2)17(23-16)18(22)20-11-15-14-8-5-4-7-13(14)9-10-19-15/h4-5,7-8,15,19H,3,6,9-11H2,1-2H3,(H,20,22). The minimum atomic E-state index is -0.00722. The van der Waals surface area contributed by atoms with Gasteiger partial charge in [0, 0.05) is 12.6 Å². The van der Waals surface area contributed by atoms with Gasteiger partial charge in [-0.05, 0) is 43.9 Å². The number of fused-ring (bicyclic) bond motifs is 1. The molecule has 0 saturated heterocycles. The summed E-state index contributed by atoms with van der Waals surface area (Å²) in [6, 6.07) is 8.65. The predicted octanol–water partition coefficient (Wildman–Crippen LogP) is 3.02. The second-order valence-corrected chi connectivity index (χ2v) is 7.02. The number of carbonyl (C=O) groups is 1. The van der Waals surface area contributed by atoms with Crippen LogP contribution < -0.4 is 10.6 Å². The first-order valence-corrected chi connectivity index (χ1v) is 9.06. The number of nitrogens with zero attached hydrogens (tertiary/aromatic N) is 1. The van der Waals surface area contributed by atoms with E-state index in [-0.39, 0.29) is 11.9 Å². The van der Waals surface area contributed by atoms with Crippen molar-refractivity contribution in [2.45, 2.75) is 39.2 Å². The van der Waals surface area contributed by atoms with Crippen molar-refractivity contribution < 1.29 is 4.79 Å². The number of hydrogen-bond acceptors (Lipinski definition) is 4. The lowest BCUT2D eigenvalue weighted by Gasteiger charge is -2.27. The molecule has 0 bridgehead atoms. The summed E-state index contributed by atoms with van der Waals surface area (Å²) >= 11 is 1.52. The van der Waals surface area contributed by atoms with E-state index in [1.54, 1.807) is 0 Å². The molecule has 0 spiro atoms. The highest BCUT2D eigenvalue weighted by Gasteiger charge is 2.21. The zero-order valence-electron chi connectivity index (χ0n) is 13.7. The van der Waals surface area contributed by atoms with E-state index in [0.29, 0.717) is 6.54 Å². The third-order valence-electron chi connectivity index (χ3n) is 4.19. The van der Waals surface area contributed by atoms with Crippen molar-refractivity contribution >= 4 is 17.2 Å². The first-order valence-electron chi connectivity index (χ1n) is 8.24. The number of carbonyl (C=O) groups excluding carboxylic acids is 1. The van der Waals surface area contributed by atoms with Gasteiger partial charge in [0.1, 0.15) is 4.88 Å². The second-order valence-electron chi connectivity index (χ2n) is 5.94. The fourth-order valence-electron chi connectivity index (χ4n) is 3.03. The first kappa shape index (κ1) is 16.1. The number of rotatable bonds is 5. The Morgan fingerprint density at radius 1 is 1.43 bits per heavy atom. The van der Waals surface area contributed by atoms with Crippen molar-refractivity contribution in [2.75, 3.05) is 13.1 Å². The molecule has 0 aliphatic carbocycles. The lowest BCUT2D eigenvalue weighted by molar-refractivity contribution is 0.0952. The quantitative estimate of drug-likeness (QED) is 0.886. The summed E-state index contributed by atoms with van der Waals surface area (Å²) in [6.45, 7) is 5.61. The Bertz CT molecular complexity index is 695. The van der Waals surface area contributed by atoms with Gasteiger partial charge in [0.25, 0.3) is 5.91 Å². The minimum absolute atomic E-state index is 0.00722. The Labute approximate surface area is 141 Å². The van der Waals surface area contributed by atoms with Gasteiger partial charge < -0.3 is 10.6 Å². The smallest absolute Gasteiger partial charge is 0.263 e. The van der Waals surface area contributed by atoms with Crippen LogP contribution in [-0.2, 0) is 12.8 Å². The van der Waals surface area contributed by atoms with E-state index in [4.69, 9.17) is 0 Å². The van der Waals surface area contributed by atoms with Crippen LogP contribution in [0.15, 0.2) is 24.3 Å². The Hall–Kier alpha value is -1.72. The average Bonchev–Trinajstić information content (AvgIpc) is 2.93. The van der Waals surface area contributed by atoms with Crippen LogP contribution in [0.2, 0.25) is 0 Å². The van der Waals surface area contributed by atoms with Crippen molar-refractivity contribution in [3.8, 4) is 0 Å². The van der Waals surface area contributed by atoms with E-state index in [9.17, 15) is 4.79 Å². The molecule has 5 heteroatoms. The molecule has 23 heavy (non-hydrogen) atoms. The maximum absolute atomic E-state index is 12.5. The van der Waals surface area contributed by atoms with Gasteiger partial charge in [-0.2, -0.15) is 0 Å². The third kappa shape index (κ3) is 3.62. The molecule has 1 aromatic heterocycles. The molecule has 0 saturated carbocycles. The lowest BCUT2D eigenvalue weighted by Crippen LogP contribution is -2.38. The SMILES string of the molecule is CCCc1nc(C)c(C(=O)NCC2NCCc3ccccc32)s1. The molecule has 4 nitrogen and oxygen atoms in total. The van der Waals surface area contributed by atoms with Gasteiger partial charge in [0.15, 0.2) is 0 Å². The molecule has 1 amide bonds. The zero-order valence-corrected chi connectivity index (χ0v) is 14.5. The van der Waals surface area contributed by atoms with E-state index in [1.165, 1.54) is 22.5 Å². The number of nitrogens with one attached hydrogen (secondary N) is 2. The molecule has 2 aromatic rings. The zero-order chi connectivity index (χ0) is 16.2. The van der Waals surface area contributed by atoms with Crippen LogP contribution >= 0.6 is 11.3 Å². The number of thiazole rings is 1. The highest BCUT2D eigenvalue weighted by Crippen LogP contribution is 2.23. The molecule has 2 N–H and O–H groups in total. The molecular formula is C18H23N3OS. The summed E-state index contributed by atoms with van der Waals surface area (Å²) in [5.41, 5.74) is 3.52. The van der Waals surface area contributed by atoms with Crippen molar-refractivity contribution in [1.82, 2.24) is 15.6 Å². The lowest BCUT2D eigenvalue weighted by atomic mass is 9.94. The molecular weight excluding hydrogens is 306 g/mol. The summed E-state index contributed by atoms with van der Waals surface area (Å²) in [5.74, 6) is -0.00722. The molecule has 122 valence electrons. The highest BCUT2D eigenvalue weighted by atomic mass is 32.1. The molecule has 1 atom stereocenters. The van der Waals surface area contributed by atoms with Gasteiger partial charge in [-0.1, -0.05) is 31.2 Å². The van der Waals surface area contributed by atoms with Gasteiger partial charge in [0.05, 0.1) is 10.7 Å². The van der Waals surface area contributed by atoms with Crippen molar-refractivity contribution in [1.29, 1.82) is 0 Å². The molecule has 1 aliphatic rings. The fourth-order valence-corrected chi connectivity index (χ4v) is 4.12. The fraction of sp³-hybridized carbons (Fsp3) is 0.444. The van der Waals surface area contributed by atoms with Crippen molar-refractivity contribution in [2.24, 2.45) is 0 Å². The van der Waals surface area contributed by atoms with Crippen LogP contribution in [0.4, 0.5) is 0 Å². The Morgan fingerprint density at radius 3 is 3.09 bits per heavy atom. The highest BCUT2D eigenvalue weighted by molar-refractivity contribution is 7.13.